The number of Topliss-reactive ketones (excluding diaryl/α,β-unsaturated/α-hetero) is 1. The van der Waals surface area contributed by atoms with Crippen molar-refractivity contribution >= 4 is 11.8 Å². The molecule has 24 heavy (non-hydrogen) atoms. The van der Waals surface area contributed by atoms with Crippen LogP contribution < -0.4 is 5.32 Å². The highest BCUT2D eigenvalue weighted by molar-refractivity contribution is 5.89. The fourth-order valence-corrected chi connectivity index (χ4v) is 4.30. The van der Waals surface area contributed by atoms with Gasteiger partial charge in [0, 0.05) is 11.8 Å². The molecule has 2 fully saturated rings. The summed E-state index contributed by atoms with van der Waals surface area (Å²) in [5.41, 5.74) is -0.0859. The summed E-state index contributed by atoms with van der Waals surface area (Å²) < 4.78 is 5.83. The highest BCUT2D eigenvalue weighted by atomic mass is 16.5. The van der Waals surface area contributed by atoms with Gasteiger partial charge in [0.2, 0.25) is 0 Å². The van der Waals surface area contributed by atoms with Gasteiger partial charge in [-0.15, -0.1) is 0 Å². The maximum atomic E-state index is 12.6. The number of ether oxygens (including phenoxy) is 1. The number of carbonyl (C=O) groups is 2. The molecule has 2 atom stereocenters. The van der Waals surface area contributed by atoms with Crippen molar-refractivity contribution in [2.45, 2.75) is 90.6 Å². The Balaban J connectivity index is 1.87. The number of nitrogens with one attached hydrogen (secondary N) is 1. The van der Waals surface area contributed by atoms with E-state index in [1.807, 2.05) is 0 Å². The molecular formula is C20H35NO3. The monoisotopic (exact) mass is 337 g/mol. The summed E-state index contributed by atoms with van der Waals surface area (Å²) in [6.45, 7) is 6.11. The van der Waals surface area contributed by atoms with E-state index in [1.54, 1.807) is 0 Å². The molecule has 1 saturated heterocycles. The van der Waals surface area contributed by atoms with E-state index in [0.717, 1.165) is 51.6 Å². The number of unbranched alkanes of at least 4 members (excludes halogenated alkanes) is 4. The van der Waals surface area contributed by atoms with E-state index < -0.39 is 6.10 Å². The van der Waals surface area contributed by atoms with E-state index in [1.165, 1.54) is 25.7 Å². The Morgan fingerprint density at radius 3 is 2.54 bits per heavy atom. The Morgan fingerprint density at radius 2 is 1.88 bits per heavy atom. The third kappa shape index (κ3) is 4.81. The first-order chi connectivity index (χ1) is 11.6. The van der Waals surface area contributed by atoms with Crippen molar-refractivity contribution in [2.75, 3.05) is 13.1 Å². The summed E-state index contributed by atoms with van der Waals surface area (Å²) in [6.07, 6.45) is 10.6. The lowest BCUT2D eigenvalue weighted by Gasteiger charge is -2.38. The van der Waals surface area contributed by atoms with Crippen molar-refractivity contribution < 1.29 is 14.3 Å². The minimum Gasteiger partial charge on any atom is -0.454 e. The van der Waals surface area contributed by atoms with Crippen LogP contribution in [0.5, 0.6) is 0 Å². The maximum absolute atomic E-state index is 12.6. The van der Waals surface area contributed by atoms with E-state index in [4.69, 9.17) is 4.74 Å². The molecule has 1 aliphatic heterocycles. The van der Waals surface area contributed by atoms with E-state index in [2.05, 4.69) is 19.2 Å². The topological polar surface area (TPSA) is 55.4 Å². The first-order valence-electron chi connectivity index (χ1n) is 10.1. The fraction of sp³-hybridized carbons (Fsp3) is 0.900. The normalized spacial score (nSPS) is 24.2. The molecule has 0 radical (unpaired) electrons. The van der Waals surface area contributed by atoms with Gasteiger partial charge in [0.05, 0.1) is 5.92 Å². The molecule has 4 nitrogen and oxygen atoms in total. The number of hydrogen-bond acceptors (Lipinski definition) is 4. The van der Waals surface area contributed by atoms with Crippen LogP contribution in [0.3, 0.4) is 0 Å². The average molecular weight is 338 g/mol. The largest absolute Gasteiger partial charge is 0.454 e. The van der Waals surface area contributed by atoms with Crippen molar-refractivity contribution in [3.63, 3.8) is 0 Å². The smallest absolute Gasteiger partial charge is 0.309 e. The van der Waals surface area contributed by atoms with E-state index in [0.29, 0.717) is 6.42 Å². The van der Waals surface area contributed by atoms with Crippen LogP contribution in [-0.4, -0.2) is 30.9 Å². The molecule has 1 heterocycles. The lowest BCUT2D eigenvalue weighted by molar-refractivity contribution is -0.165. The van der Waals surface area contributed by atoms with Crippen LogP contribution in [0.15, 0.2) is 0 Å². The Bertz CT molecular complexity index is 415. The van der Waals surface area contributed by atoms with Gasteiger partial charge in [-0.2, -0.15) is 0 Å². The van der Waals surface area contributed by atoms with Crippen LogP contribution in [-0.2, 0) is 14.3 Å². The third-order valence-electron chi connectivity index (χ3n) is 6.03. The number of carbonyl (C=O) groups excluding carboxylic acids is 2. The maximum Gasteiger partial charge on any atom is 0.309 e. The molecule has 0 amide bonds. The molecule has 2 unspecified atom stereocenters. The minimum atomic E-state index is -0.485. The Morgan fingerprint density at radius 1 is 1.17 bits per heavy atom. The third-order valence-corrected chi connectivity index (χ3v) is 6.03. The predicted octanol–water partition coefficient (Wildman–Crippen LogP) is 4.02. The lowest BCUT2D eigenvalue weighted by atomic mass is 9.75. The molecule has 1 spiro atoms. The number of ketones is 1. The van der Waals surface area contributed by atoms with Crippen molar-refractivity contribution in [1.82, 2.24) is 5.32 Å². The van der Waals surface area contributed by atoms with Gasteiger partial charge >= 0.3 is 5.97 Å². The van der Waals surface area contributed by atoms with Gasteiger partial charge in [-0.1, -0.05) is 46.0 Å². The summed E-state index contributed by atoms with van der Waals surface area (Å²) in [4.78, 5) is 25.0. The van der Waals surface area contributed by atoms with Crippen LogP contribution in [0.4, 0.5) is 0 Å². The minimum absolute atomic E-state index is 0.0428. The summed E-state index contributed by atoms with van der Waals surface area (Å²) in [5.74, 6) is -0.0343. The Hall–Kier alpha value is -0.900. The zero-order valence-electron chi connectivity index (χ0n) is 15.6. The van der Waals surface area contributed by atoms with Crippen molar-refractivity contribution in [1.29, 1.82) is 0 Å². The van der Waals surface area contributed by atoms with E-state index in [-0.39, 0.29) is 23.1 Å². The second-order valence-electron chi connectivity index (χ2n) is 7.70. The highest BCUT2D eigenvalue weighted by Gasteiger charge is 2.51. The highest BCUT2D eigenvalue weighted by Crippen LogP contribution is 2.45. The molecule has 1 saturated carbocycles. The molecule has 0 bridgehead atoms. The van der Waals surface area contributed by atoms with Crippen LogP contribution in [0, 0.1) is 11.3 Å². The summed E-state index contributed by atoms with van der Waals surface area (Å²) in [7, 11) is 0. The second-order valence-corrected chi connectivity index (χ2v) is 7.70. The standard InChI is InChI=1S/C20H35NO3/c1-3-5-6-7-8-9-16(4-2)19(23)24-18-17(22)10-11-20(18)12-14-21-15-13-20/h16,18,21H,3-15H2,1-2H3. The molecule has 2 aliphatic rings. The first-order valence-corrected chi connectivity index (χ1v) is 10.1. The Kier molecular flexibility index (Phi) is 7.73. The zero-order valence-corrected chi connectivity index (χ0v) is 15.6. The van der Waals surface area contributed by atoms with Crippen LogP contribution in [0.25, 0.3) is 0 Å². The van der Waals surface area contributed by atoms with Gasteiger partial charge < -0.3 is 10.1 Å². The van der Waals surface area contributed by atoms with E-state index >= 15 is 0 Å². The van der Waals surface area contributed by atoms with Gasteiger partial charge in [-0.3, -0.25) is 9.59 Å². The van der Waals surface area contributed by atoms with Crippen LogP contribution >= 0.6 is 0 Å². The Labute approximate surface area is 147 Å². The van der Waals surface area contributed by atoms with Gasteiger partial charge in [0.25, 0.3) is 0 Å². The molecule has 0 aromatic carbocycles. The van der Waals surface area contributed by atoms with Gasteiger partial charge in [-0.05, 0) is 45.2 Å². The quantitative estimate of drug-likeness (QED) is 0.510. The molecule has 0 aromatic rings. The molecule has 0 aromatic heterocycles. The lowest BCUT2D eigenvalue weighted by Crippen LogP contribution is -2.45. The van der Waals surface area contributed by atoms with Crippen LogP contribution in [0.2, 0.25) is 0 Å². The summed E-state index contributed by atoms with van der Waals surface area (Å²) in [5, 5.41) is 3.35. The second kappa shape index (κ2) is 9.55. The van der Waals surface area contributed by atoms with Crippen molar-refractivity contribution in [3.8, 4) is 0 Å². The number of rotatable bonds is 9. The van der Waals surface area contributed by atoms with Crippen molar-refractivity contribution in [2.24, 2.45) is 11.3 Å². The summed E-state index contributed by atoms with van der Waals surface area (Å²) in [6, 6.07) is 0. The fourth-order valence-electron chi connectivity index (χ4n) is 4.30. The number of hydrogen-bond donors (Lipinski definition) is 1. The number of piperidine rings is 1. The molecule has 4 heteroatoms. The molecule has 1 aliphatic carbocycles. The average Bonchev–Trinajstić information content (AvgIpc) is 2.88. The van der Waals surface area contributed by atoms with Gasteiger partial charge in [0.15, 0.2) is 11.9 Å². The first kappa shape index (κ1) is 19.4. The molecular weight excluding hydrogens is 302 g/mol. The van der Waals surface area contributed by atoms with Crippen LogP contribution in [0.1, 0.15) is 84.5 Å². The zero-order chi connectivity index (χ0) is 17.4. The van der Waals surface area contributed by atoms with Gasteiger partial charge in [0.1, 0.15) is 0 Å². The van der Waals surface area contributed by atoms with E-state index in [9.17, 15) is 9.59 Å². The van der Waals surface area contributed by atoms with Crippen molar-refractivity contribution in [3.05, 3.63) is 0 Å². The number of esters is 1. The molecule has 138 valence electrons. The SMILES string of the molecule is CCCCCCCC(CC)C(=O)OC1C(=O)CCC12CCNCC2. The predicted molar refractivity (Wildman–Crippen MR) is 95.8 cm³/mol. The molecule has 2 rings (SSSR count). The molecule has 1 N–H and O–H groups in total. The van der Waals surface area contributed by atoms with Gasteiger partial charge in [-0.25, -0.2) is 0 Å². The summed E-state index contributed by atoms with van der Waals surface area (Å²) >= 11 is 0.